The molecule has 1 rings (SSSR count). The fourth-order valence-corrected chi connectivity index (χ4v) is 1.55. The summed E-state index contributed by atoms with van der Waals surface area (Å²) in [5.41, 5.74) is 1.91. The lowest BCUT2D eigenvalue weighted by Crippen LogP contribution is -2.01. The van der Waals surface area contributed by atoms with Crippen molar-refractivity contribution in [1.82, 2.24) is 0 Å². The van der Waals surface area contributed by atoms with Crippen LogP contribution in [0.15, 0.2) is 12.1 Å². The van der Waals surface area contributed by atoms with Crippen LogP contribution < -0.4 is 9.47 Å². The second kappa shape index (κ2) is 5.39. The lowest BCUT2D eigenvalue weighted by atomic mass is 10.0. The molecule has 0 aliphatic carbocycles. The summed E-state index contributed by atoms with van der Waals surface area (Å²) in [6.45, 7) is 1.91. The van der Waals surface area contributed by atoms with Gasteiger partial charge in [-0.1, -0.05) is 0 Å². The third-order valence-electron chi connectivity index (χ3n) is 2.50. The first-order chi connectivity index (χ1) is 7.58. The van der Waals surface area contributed by atoms with E-state index in [0.717, 1.165) is 16.9 Å². The molecule has 88 valence electrons. The van der Waals surface area contributed by atoms with Crippen molar-refractivity contribution < 1.29 is 19.4 Å². The number of carbonyl (C=O) groups is 1. The van der Waals surface area contributed by atoms with Gasteiger partial charge in [-0.15, -0.1) is 0 Å². The first-order valence-corrected chi connectivity index (χ1v) is 5.01. The molecule has 1 aromatic rings. The molecular formula is C12H16O4. The van der Waals surface area contributed by atoms with Crippen LogP contribution in [0, 0.1) is 6.92 Å². The van der Waals surface area contributed by atoms with Crippen molar-refractivity contribution in [3.63, 3.8) is 0 Å². The summed E-state index contributed by atoms with van der Waals surface area (Å²) in [4.78, 5) is 10.5. The molecule has 1 N–H and O–H groups in total. The third kappa shape index (κ3) is 2.89. The first kappa shape index (κ1) is 12.4. The van der Waals surface area contributed by atoms with Crippen molar-refractivity contribution in [2.45, 2.75) is 19.8 Å². The Kier molecular flexibility index (Phi) is 4.17. The molecule has 4 heteroatoms. The summed E-state index contributed by atoms with van der Waals surface area (Å²) in [5, 5.41) is 8.66. The average molecular weight is 224 g/mol. The van der Waals surface area contributed by atoms with Gasteiger partial charge < -0.3 is 14.6 Å². The van der Waals surface area contributed by atoms with Crippen molar-refractivity contribution in [2.24, 2.45) is 0 Å². The Bertz CT molecular complexity index is 385. The lowest BCUT2D eigenvalue weighted by Gasteiger charge is -2.12. The van der Waals surface area contributed by atoms with Gasteiger partial charge >= 0.3 is 5.97 Å². The van der Waals surface area contributed by atoms with Crippen LogP contribution in [0.3, 0.4) is 0 Å². The zero-order valence-corrected chi connectivity index (χ0v) is 9.74. The summed E-state index contributed by atoms with van der Waals surface area (Å²) in [6.07, 6.45) is 0.589. The Morgan fingerprint density at radius 2 is 2.00 bits per heavy atom. The molecule has 0 radical (unpaired) electrons. The van der Waals surface area contributed by atoms with E-state index in [1.165, 1.54) is 0 Å². The number of carboxylic acid groups (broad SMARTS) is 1. The number of aryl methyl sites for hydroxylation is 1. The van der Waals surface area contributed by atoms with Crippen LogP contribution in [-0.4, -0.2) is 25.3 Å². The van der Waals surface area contributed by atoms with E-state index in [4.69, 9.17) is 14.6 Å². The van der Waals surface area contributed by atoms with E-state index in [1.807, 2.05) is 13.0 Å². The van der Waals surface area contributed by atoms with Gasteiger partial charge in [-0.05, 0) is 30.5 Å². The number of carboxylic acids is 1. The molecule has 0 saturated carbocycles. The van der Waals surface area contributed by atoms with Crippen LogP contribution in [0.1, 0.15) is 17.5 Å². The van der Waals surface area contributed by atoms with Crippen LogP contribution in [0.25, 0.3) is 0 Å². The average Bonchev–Trinajstić information content (AvgIpc) is 2.27. The molecule has 1 aromatic carbocycles. The molecule has 0 amide bonds. The second-order valence-corrected chi connectivity index (χ2v) is 3.51. The molecule has 0 heterocycles. The Morgan fingerprint density at radius 1 is 1.31 bits per heavy atom. The molecule has 0 aliphatic heterocycles. The summed E-state index contributed by atoms with van der Waals surface area (Å²) >= 11 is 0. The number of hydrogen-bond acceptors (Lipinski definition) is 3. The molecule has 0 spiro atoms. The maximum Gasteiger partial charge on any atom is 0.303 e. The van der Waals surface area contributed by atoms with E-state index >= 15 is 0 Å². The minimum atomic E-state index is -0.804. The number of ether oxygens (including phenoxy) is 2. The number of methoxy groups -OCH3 is 2. The summed E-state index contributed by atoms with van der Waals surface area (Å²) in [7, 11) is 3.16. The quantitative estimate of drug-likeness (QED) is 0.831. The zero-order valence-electron chi connectivity index (χ0n) is 9.74. The molecule has 0 fully saturated rings. The van der Waals surface area contributed by atoms with Gasteiger partial charge in [0, 0.05) is 12.5 Å². The number of hydrogen-bond donors (Lipinski definition) is 1. The summed E-state index contributed by atoms with van der Waals surface area (Å²) in [5.74, 6) is 0.601. The highest BCUT2D eigenvalue weighted by Gasteiger charge is 2.09. The van der Waals surface area contributed by atoms with Crippen LogP contribution in [0.4, 0.5) is 0 Å². The fraction of sp³-hybridized carbons (Fsp3) is 0.417. The monoisotopic (exact) mass is 224 g/mol. The van der Waals surface area contributed by atoms with Crippen LogP contribution >= 0.6 is 0 Å². The smallest absolute Gasteiger partial charge is 0.303 e. The minimum Gasteiger partial charge on any atom is -0.497 e. The molecular weight excluding hydrogens is 208 g/mol. The van der Waals surface area contributed by atoms with Gasteiger partial charge in [0.05, 0.1) is 14.2 Å². The van der Waals surface area contributed by atoms with Gasteiger partial charge in [0.2, 0.25) is 0 Å². The summed E-state index contributed by atoms with van der Waals surface area (Å²) in [6, 6.07) is 3.64. The molecule has 0 aromatic heterocycles. The van der Waals surface area contributed by atoms with Crippen LogP contribution in [0.2, 0.25) is 0 Å². The standard InChI is InChI=1S/C12H16O4/c1-8-9(4-5-12(13)14)6-10(15-2)7-11(8)16-3/h6-7H,4-5H2,1-3H3,(H,13,14). The highest BCUT2D eigenvalue weighted by Crippen LogP contribution is 2.28. The Labute approximate surface area is 94.8 Å². The molecule has 4 nitrogen and oxygen atoms in total. The van der Waals surface area contributed by atoms with Crippen molar-refractivity contribution in [3.8, 4) is 11.5 Å². The zero-order chi connectivity index (χ0) is 12.1. The number of aliphatic carboxylic acids is 1. The van der Waals surface area contributed by atoms with Crippen molar-refractivity contribution in [2.75, 3.05) is 14.2 Å². The largest absolute Gasteiger partial charge is 0.497 e. The maximum atomic E-state index is 10.5. The predicted molar refractivity (Wildman–Crippen MR) is 60.2 cm³/mol. The molecule has 16 heavy (non-hydrogen) atoms. The molecule has 0 aliphatic rings. The van der Waals surface area contributed by atoms with Crippen molar-refractivity contribution in [3.05, 3.63) is 23.3 Å². The van der Waals surface area contributed by atoms with E-state index < -0.39 is 5.97 Å². The van der Waals surface area contributed by atoms with Gasteiger partial charge in [0.25, 0.3) is 0 Å². The van der Waals surface area contributed by atoms with Gasteiger partial charge in [-0.2, -0.15) is 0 Å². The molecule has 0 bridgehead atoms. The first-order valence-electron chi connectivity index (χ1n) is 5.01. The van der Waals surface area contributed by atoms with E-state index in [0.29, 0.717) is 12.2 Å². The maximum absolute atomic E-state index is 10.5. The van der Waals surface area contributed by atoms with Gasteiger partial charge in [-0.25, -0.2) is 0 Å². The SMILES string of the molecule is COc1cc(CCC(=O)O)c(C)c(OC)c1. The predicted octanol–water partition coefficient (Wildman–Crippen LogP) is 2.03. The second-order valence-electron chi connectivity index (χ2n) is 3.51. The van der Waals surface area contributed by atoms with Gasteiger partial charge in [0.1, 0.15) is 11.5 Å². The van der Waals surface area contributed by atoms with Gasteiger partial charge in [-0.3, -0.25) is 4.79 Å². The number of benzene rings is 1. The fourth-order valence-electron chi connectivity index (χ4n) is 1.55. The van der Waals surface area contributed by atoms with Crippen LogP contribution in [-0.2, 0) is 11.2 Å². The third-order valence-corrected chi connectivity index (χ3v) is 2.50. The summed E-state index contributed by atoms with van der Waals surface area (Å²) < 4.78 is 10.3. The Morgan fingerprint density at radius 3 is 2.50 bits per heavy atom. The Balaban J connectivity index is 3.01. The highest BCUT2D eigenvalue weighted by atomic mass is 16.5. The lowest BCUT2D eigenvalue weighted by molar-refractivity contribution is -0.136. The van der Waals surface area contributed by atoms with Crippen LogP contribution in [0.5, 0.6) is 11.5 Å². The molecule has 0 saturated heterocycles. The van der Waals surface area contributed by atoms with E-state index in [-0.39, 0.29) is 6.42 Å². The van der Waals surface area contributed by atoms with E-state index in [1.54, 1.807) is 20.3 Å². The minimum absolute atomic E-state index is 0.108. The van der Waals surface area contributed by atoms with Crippen molar-refractivity contribution in [1.29, 1.82) is 0 Å². The van der Waals surface area contributed by atoms with E-state index in [2.05, 4.69) is 0 Å². The number of rotatable bonds is 5. The van der Waals surface area contributed by atoms with E-state index in [9.17, 15) is 4.79 Å². The highest BCUT2D eigenvalue weighted by molar-refractivity contribution is 5.67. The molecule has 0 atom stereocenters. The molecule has 0 unspecified atom stereocenters. The Hall–Kier alpha value is -1.71. The van der Waals surface area contributed by atoms with Gasteiger partial charge in [0.15, 0.2) is 0 Å². The van der Waals surface area contributed by atoms with Crippen molar-refractivity contribution >= 4 is 5.97 Å². The normalized spacial score (nSPS) is 9.94. The topological polar surface area (TPSA) is 55.8 Å².